The summed E-state index contributed by atoms with van der Waals surface area (Å²) in [7, 11) is 0. The molecule has 1 saturated heterocycles. The average molecular weight is 262 g/mol. The lowest BCUT2D eigenvalue weighted by Gasteiger charge is -2.39. The molecule has 1 heterocycles. The first kappa shape index (κ1) is 13.9. The summed E-state index contributed by atoms with van der Waals surface area (Å²) in [5, 5.41) is 3.33. The predicted molar refractivity (Wildman–Crippen MR) is 76.0 cm³/mol. The minimum Gasteiger partial charge on any atom is -0.378 e. The standard InChI is InChI=1S/C15H22N2O2/c1-3-13-10-15(14(16)18,8-9-19-13)17-12-6-4-11(2)5-7-12/h4-7,13,17H,3,8-10H2,1-2H3,(H2,16,18). The van der Waals surface area contributed by atoms with Crippen LogP contribution in [0.5, 0.6) is 0 Å². The van der Waals surface area contributed by atoms with E-state index in [0.717, 1.165) is 12.1 Å². The van der Waals surface area contributed by atoms with E-state index in [1.54, 1.807) is 0 Å². The number of benzene rings is 1. The van der Waals surface area contributed by atoms with E-state index in [0.29, 0.717) is 19.4 Å². The van der Waals surface area contributed by atoms with E-state index in [1.165, 1.54) is 5.56 Å². The van der Waals surface area contributed by atoms with E-state index in [2.05, 4.69) is 12.2 Å². The van der Waals surface area contributed by atoms with Crippen LogP contribution in [0.25, 0.3) is 0 Å². The molecule has 19 heavy (non-hydrogen) atoms. The number of hydrogen-bond acceptors (Lipinski definition) is 3. The van der Waals surface area contributed by atoms with Crippen molar-refractivity contribution in [2.75, 3.05) is 11.9 Å². The smallest absolute Gasteiger partial charge is 0.243 e. The minimum absolute atomic E-state index is 0.0965. The zero-order valence-corrected chi connectivity index (χ0v) is 11.6. The Morgan fingerprint density at radius 2 is 2.16 bits per heavy atom. The summed E-state index contributed by atoms with van der Waals surface area (Å²) in [4.78, 5) is 11.9. The normalized spacial score (nSPS) is 26.9. The number of amides is 1. The summed E-state index contributed by atoms with van der Waals surface area (Å²) in [5.41, 5.74) is 7.08. The molecule has 0 aliphatic carbocycles. The van der Waals surface area contributed by atoms with Crippen molar-refractivity contribution in [1.82, 2.24) is 0 Å². The van der Waals surface area contributed by atoms with Gasteiger partial charge < -0.3 is 15.8 Å². The van der Waals surface area contributed by atoms with Gasteiger partial charge in [0.15, 0.2) is 0 Å². The summed E-state index contributed by atoms with van der Waals surface area (Å²) >= 11 is 0. The van der Waals surface area contributed by atoms with Gasteiger partial charge in [-0.1, -0.05) is 24.6 Å². The Morgan fingerprint density at radius 3 is 2.74 bits per heavy atom. The number of primary amides is 1. The molecule has 1 aliphatic heterocycles. The maximum Gasteiger partial charge on any atom is 0.243 e. The molecule has 0 bridgehead atoms. The van der Waals surface area contributed by atoms with Gasteiger partial charge in [0.25, 0.3) is 0 Å². The van der Waals surface area contributed by atoms with Crippen LogP contribution in [0.4, 0.5) is 5.69 Å². The van der Waals surface area contributed by atoms with Gasteiger partial charge in [-0.05, 0) is 25.5 Å². The number of rotatable bonds is 4. The molecular formula is C15H22N2O2. The van der Waals surface area contributed by atoms with Crippen LogP contribution in [0.3, 0.4) is 0 Å². The summed E-state index contributed by atoms with van der Waals surface area (Å²) in [6.45, 7) is 4.67. The van der Waals surface area contributed by atoms with Crippen LogP contribution < -0.4 is 11.1 Å². The first-order valence-corrected chi connectivity index (χ1v) is 6.82. The van der Waals surface area contributed by atoms with Gasteiger partial charge in [-0.15, -0.1) is 0 Å². The molecule has 4 heteroatoms. The minimum atomic E-state index is -0.686. The molecular weight excluding hydrogens is 240 g/mol. The molecule has 1 aliphatic rings. The van der Waals surface area contributed by atoms with Crippen molar-refractivity contribution >= 4 is 11.6 Å². The monoisotopic (exact) mass is 262 g/mol. The molecule has 0 spiro atoms. The van der Waals surface area contributed by atoms with Crippen molar-refractivity contribution in [3.63, 3.8) is 0 Å². The topological polar surface area (TPSA) is 64.3 Å². The number of ether oxygens (including phenoxy) is 1. The largest absolute Gasteiger partial charge is 0.378 e. The molecule has 3 N–H and O–H groups in total. The molecule has 1 aromatic rings. The Kier molecular flexibility index (Phi) is 4.10. The van der Waals surface area contributed by atoms with Crippen molar-refractivity contribution in [2.45, 2.75) is 44.8 Å². The SMILES string of the molecule is CCC1CC(Nc2ccc(C)cc2)(C(N)=O)CCO1. The molecule has 0 saturated carbocycles. The van der Waals surface area contributed by atoms with Crippen molar-refractivity contribution in [3.05, 3.63) is 29.8 Å². The maximum absolute atomic E-state index is 11.9. The number of carbonyl (C=O) groups excluding carboxylic acids is 1. The molecule has 0 aromatic heterocycles. The van der Waals surface area contributed by atoms with Crippen LogP contribution in [0.1, 0.15) is 31.7 Å². The summed E-state index contributed by atoms with van der Waals surface area (Å²) in [6.07, 6.45) is 2.24. The number of carbonyl (C=O) groups is 1. The Morgan fingerprint density at radius 1 is 1.47 bits per heavy atom. The van der Waals surface area contributed by atoms with Crippen molar-refractivity contribution in [2.24, 2.45) is 5.73 Å². The summed E-state index contributed by atoms with van der Waals surface area (Å²) < 4.78 is 5.64. The molecule has 1 fully saturated rings. The zero-order chi connectivity index (χ0) is 13.9. The van der Waals surface area contributed by atoms with Crippen molar-refractivity contribution in [3.8, 4) is 0 Å². The lowest BCUT2D eigenvalue weighted by molar-refractivity contribution is -0.127. The summed E-state index contributed by atoms with van der Waals surface area (Å²) in [5.74, 6) is -0.296. The fraction of sp³-hybridized carbons (Fsp3) is 0.533. The number of aryl methyl sites for hydroxylation is 1. The zero-order valence-electron chi connectivity index (χ0n) is 11.6. The Hall–Kier alpha value is -1.55. The highest BCUT2D eigenvalue weighted by Crippen LogP contribution is 2.30. The van der Waals surface area contributed by atoms with Crippen molar-refractivity contribution < 1.29 is 9.53 Å². The highest BCUT2D eigenvalue weighted by molar-refractivity contribution is 5.88. The Balaban J connectivity index is 2.19. The predicted octanol–water partition coefficient (Wildman–Crippen LogP) is 2.22. The quantitative estimate of drug-likeness (QED) is 0.874. The maximum atomic E-state index is 11.9. The lowest BCUT2D eigenvalue weighted by atomic mass is 9.84. The van der Waals surface area contributed by atoms with Gasteiger partial charge in [0.2, 0.25) is 5.91 Å². The van der Waals surface area contributed by atoms with E-state index >= 15 is 0 Å². The lowest BCUT2D eigenvalue weighted by Crippen LogP contribution is -2.55. The third kappa shape index (κ3) is 3.07. The number of anilines is 1. The van der Waals surface area contributed by atoms with Crippen LogP contribution in [0.15, 0.2) is 24.3 Å². The summed E-state index contributed by atoms with van der Waals surface area (Å²) in [6, 6.07) is 8.01. The van der Waals surface area contributed by atoms with Gasteiger partial charge in [-0.25, -0.2) is 0 Å². The molecule has 104 valence electrons. The number of nitrogens with two attached hydrogens (primary N) is 1. The van der Waals surface area contributed by atoms with Gasteiger partial charge in [0.1, 0.15) is 5.54 Å². The van der Waals surface area contributed by atoms with Gasteiger partial charge in [-0.3, -0.25) is 4.79 Å². The van der Waals surface area contributed by atoms with Gasteiger partial charge in [0, 0.05) is 25.1 Å². The second-order valence-corrected chi connectivity index (χ2v) is 5.29. The van der Waals surface area contributed by atoms with Crippen LogP contribution in [0, 0.1) is 6.92 Å². The molecule has 2 rings (SSSR count). The van der Waals surface area contributed by atoms with E-state index < -0.39 is 5.54 Å². The number of hydrogen-bond donors (Lipinski definition) is 2. The third-order valence-electron chi connectivity index (χ3n) is 3.82. The Labute approximate surface area is 114 Å². The van der Waals surface area contributed by atoms with Gasteiger partial charge in [-0.2, -0.15) is 0 Å². The average Bonchev–Trinajstić information content (AvgIpc) is 2.41. The van der Waals surface area contributed by atoms with E-state index in [1.807, 2.05) is 31.2 Å². The van der Waals surface area contributed by atoms with Crippen molar-refractivity contribution in [1.29, 1.82) is 0 Å². The first-order valence-electron chi connectivity index (χ1n) is 6.82. The van der Waals surface area contributed by atoms with Gasteiger partial charge >= 0.3 is 0 Å². The Bertz CT molecular complexity index is 444. The van der Waals surface area contributed by atoms with E-state index in [9.17, 15) is 4.79 Å². The first-order chi connectivity index (χ1) is 9.05. The second-order valence-electron chi connectivity index (χ2n) is 5.29. The van der Waals surface area contributed by atoms with E-state index in [4.69, 9.17) is 10.5 Å². The number of nitrogens with one attached hydrogen (secondary N) is 1. The highest BCUT2D eigenvalue weighted by Gasteiger charge is 2.41. The molecule has 4 nitrogen and oxygen atoms in total. The fourth-order valence-electron chi connectivity index (χ4n) is 2.52. The second kappa shape index (κ2) is 5.61. The van der Waals surface area contributed by atoms with E-state index in [-0.39, 0.29) is 12.0 Å². The molecule has 2 atom stereocenters. The molecule has 1 aromatic carbocycles. The van der Waals surface area contributed by atoms with Crippen LogP contribution in [-0.4, -0.2) is 24.2 Å². The van der Waals surface area contributed by atoms with Crippen LogP contribution >= 0.6 is 0 Å². The molecule has 1 amide bonds. The molecule has 0 radical (unpaired) electrons. The van der Waals surface area contributed by atoms with Crippen LogP contribution in [-0.2, 0) is 9.53 Å². The van der Waals surface area contributed by atoms with Crippen LogP contribution in [0.2, 0.25) is 0 Å². The highest BCUT2D eigenvalue weighted by atomic mass is 16.5. The molecule has 2 unspecified atom stereocenters. The fourth-order valence-corrected chi connectivity index (χ4v) is 2.52. The van der Waals surface area contributed by atoms with Gasteiger partial charge in [0.05, 0.1) is 6.10 Å². The third-order valence-corrected chi connectivity index (χ3v) is 3.82.